The molecular weight excluding hydrogens is 433 g/mol. The summed E-state index contributed by atoms with van der Waals surface area (Å²) in [4.78, 5) is 34.6. The van der Waals surface area contributed by atoms with Crippen molar-refractivity contribution in [2.45, 2.75) is 32.2 Å². The first-order valence-electron chi connectivity index (χ1n) is 9.32. The van der Waals surface area contributed by atoms with E-state index in [0.29, 0.717) is 10.9 Å². The Kier molecular flexibility index (Phi) is 6.42. The topological polar surface area (TPSA) is 116 Å². The molecule has 32 heavy (non-hydrogen) atoms. The Balaban J connectivity index is 1.54. The highest BCUT2D eigenvalue weighted by Crippen LogP contribution is 2.29. The van der Waals surface area contributed by atoms with Gasteiger partial charge < -0.3 is 10.1 Å². The normalized spacial score (nSPS) is 12.4. The van der Waals surface area contributed by atoms with Gasteiger partial charge in [-0.25, -0.2) is 0 Å². The number of nitro groups is 1. The maximum Gasteiger partial charge on any atom is 0.416 e. The van der Waals surface area contributed by atoms with Crippen LogP contribution >= 0.6 is 0 Å². The number of hydrogen-bond acceptors (Lipinski definition) is 6. The second-order valence-electron chi connectivity index (χ2n) is 6.81. The summed E-state index contributed by atoms with van der Waals surface area (Å²) in [7, 11) is 0. The Bertz CT molecular complexity index is 1160. The second-order valence-corrected chi connectivity index (χ2v) is 6.81. The Hall–Kier alpha value is -3.96. The number of amides is 1. The summed E-state index contributed by atoms with van der Waals surface area (Å²) in [6.45, 7) is 1.39. The quantitative estimate of drug-likeness (QED) is 0.331. The number of hydrogen-bond donors (Lipinski definition) is 1. The van der Waals surface area contributed by atoms with Gasteiger partial charge in [-0.2, -0.15) is 18.3 Å². The zero-order valence-electron chi connectivity index (χ0n) is 16.6. The minimum atomic E-state index is -4.49. The highest BCUT2D eigenvalue weighted by Gasteiger charge is 2.30. The molecule has 0 bridgehead atoms. The molecule has 0 aliphatic heterocycles. The van der Waals surface area contributed by atoms with Crippen molar-refractivity contribution in [3.05, 3.63) is 64.3 Å². The van der Waals surface area contributed by atoms with Gasteiger partial charge >= 0.3 is 12.1 Å². The Morgan fingerprint density at radius 3 is 2.53 bits per heavy atom. The van der Waals surface area contributed by atoms with E-state index in [4.69, 9.17) is 4.74 Å². The van der Waals surface area contributed by atoms with Gasteiger partial charge in [-0.1, -0.05) is 0 Å². The van der Waals surface area contributed by atoms with Crippen LogP contribution in [-0.4, -0.2) is 32.7 Å². The number of aryl methyl sites for hydroxylation is 1. The van der Waals surface area contributed by atoms with Crippen LogP contribution in [0.2, 0.25) is 0 Å². The number of nitrogens with one attached hydrogen (secondary N) is 1. The fraction of sp³-hybridized carbons (Fsp3) is 0.250. The zero-order valence-corrected chi connectivity index (χ0v) is 16.6. The van der Waals surface area contributed by atoms with Crippen LogP contribution in [-0.2, 0) is 27.0 Å². The van der Waals surface area contributed by atoms with E-state index in [2.05, 4.69) is 10.4 Å². The van der Waals surface area contributed by atoms with Crippen molar-refractivity contribution in [3.63, 3.8) is 0 Å². The smallest absolute Gasteiger partial charge is 0.416 e. The van der Waals surface area contributed by atoms with Crippen molar-refractivity contribution in [3.8, 4) is 0 Å². The fourth-order valence-electron chi connectivity index (χ4n) is 2.84. The number of carbonyl (C=O) groups excluding carboxylic acids is 2. The number of ether oxygens (including phenoxy) is 1. The van der Waals surface area contributed by atoms with E-state index in [9.17, 15) is 32.9 Å². The number of fused-ring (bicyclic) bond motifs is 1. The van der Waals surface area contributed by atoms with Crippen molar-refractivity contribution in [2.24, 2.45) is 0 Å². The van der Waals surface area contributed by atoms with Crippen molar-refractivity contribution in [1.82, 2.24) is 9.78 Å². The monoisotopic (exact) mass is 450 g/mol. The standard InChI is InChI=1S/C20H17F3N4O5/c1-12(19(29)25-15-5-3-14(4-6-15)20(21,22)23)32-18(28)8-9-26-17-10-16(27(30)31)7-2-13(17)11-24-26/h2-7,10-12H,8-9H2,1H3,(H,25,29)/t12-/m0/s1. The molecule has 0 radical (unpaired) electrons. The van der Waals surface area contributed by atoms with E-state index >= 15 is 0 Å². The van der Waals surface area contributed by atoms with Crippen LogP contribution in [0.4, 0.5) is 24.5 Å². The van der Waals surface area contributed by atoms with Gasteiger partial charge in [-0.3, -0.25) is 24.4 Å². The molecule has 0 saturated carbocycles. The maximum atomic E-state index is 12.6. The highest BCUT2D eigenvalue weighted by atomic mass is 19.4. The van der Waals surface area contributed by atoms with Crippen LogP contribution in [0.25, 0.3) is 10.9 Å². The van der Waals surface area contributed by atoms with Gasteiger partial charge in [0.15, 0.2) is 6.10 Å². The molecule has 1 aromatic heterocycles. The van der Waals surface area contributed by atoms with Crippen LogP contribution in [0.5, 0.6) is 0 Å². The molecule has 9 nitrogen and oxygen atoms in total. The van der Waals surface area contributed by atoms with Gasteiger partial charge in [-0.05, 0) is 37.3 Å². The maximum absolute atomic E-state index is 12.6. The summed E-state index contributed by atoms with van der Waals surface area (Å²) in [6, 6.07) is 8.07. The molecule has 12 heteroatoms. The van der Waals surface area contributed by atoms with Crippen molar-refractivity contribution in [1.29, 1.82) is 0 Å². The lowest BCUT2D eigenvalue weighted by Crippen LogP contribution is -2.30. The fourth-order valence-corrected chi connectivity index (χ4v) is 2.84. The predicted octanol–water partition coefficient (Wildman–Crippen LogP) is 3.92. The molecule has 1 atom stereocenters. The van der Waals surface area contributed by atoms with Gasteiger partial charge in [0.1, 0.15) is 0 Å². The average Bonchev–Trinajstić information content (AvgIpc) is 3.14. The number of nitrogens with zero attached hydrogens (tertiary/aromatic N) is 3. The molecule has 0 saturated heterocycles. The van der Waals surface area contributed by atoms with Crippen molar-refractivity contribution < 1.29 is 32.4 Å². The average molecular weight is 450 g/mol. The van der Waals surface area contributed by atoms with Crippen LogP contribution in [0.15, 0.2) is 48.7 Å². The number of carbonyl (C=O) groups is 2. The van der Waals surface area contributed by atoms with Crippen LogP contribution < -0.4 is 5.32 Å². The number of aromatic nitrogens is 2. The lowest BCUT2D eigenvalue weighted by molar-refractivity contribution is -0.384. The molecule has 168 valence electrons. The Labute approximate surface area is 178 Å². The van der Waals surface area contributed by atoms with Gasteiger partial charge in [0.25, 0.3) is 11.6 Å². The molecule has 0 unspecified atom stereocenters. The zero-order chi connectivity index (χ0) is 23.5. The van der Waals surface area contributed by atoms with E-state index in [0.717, 1.165) is 24.3 Å². The third-order valence-electron chi connectivity index (χ3n) is 4.52. The van der Waals surface area contributed by atoms with Crippen molar-refractivity contribution >= 4 is 34.2 Å². The lowest BCUT2D eigenvalue weighted by atomic mass is 10.2. The van der Waals surface area contributed by atoms with E-state index in [-0.39, 0.29) is 24.3 Å². The number of benzene rings is 2. The van der Waals surface area contributed by atoms with Crippen molar-refractivity contribution in [2.75, 3.05) is 5.32 Å². The van der Waals surface area contributed by atoms with E-state index in [1.54, 1.807) is 6.07 Å². The van der Waals surface area contributed by atoms with Gasteiger partial charge in [0, 0.05) is 23.2 Å². The largest absolute Gasteiger partial charge is 0.452 e. The Morgan fingerprint density at radius 1 is 1.22 bits per heavy atom. The highest BCUT2D eigenvalue weighted by molar-refractivity contribution is 5.95. The molecule has 0 spiro atoms. The first-order chi connectivity index (χ1) is 15.0. The summed E-state index contributed by atoms with van der Waals surface area (Å²) in [5, 5.41) is 18.1. The summed E-state index contributed by atoms with van der Waals surface area (Å²) < 4.78 is 44.2. The number of non-ortho nitro benzene ring substituents is 1. The molecular formula is C20H17F3N4O5. The number of halogens is 3. The van der Waals surface area contributed by atoms with Gasteiger partial charge in [0.2, 0.25) is 0 Å². The SMILES string of the molecule is C[C@H](OC(=O)CCn1ncc2ccc([N+](=O)[O-])cc21)C(=O)Nc1ccc(C(F)(F)F)cc1. The van der Waals surface area contributed by atoms with Crippen LogP contribution in [0.1, 0.15) is 18.9 Å². The number of anilines is 1. The van der Waals surface area contributed by atoms with E-state index in [1.165, 1.54) is 29.9 Å². The molecule has 3 aromatic rings. The molecule has 1 amide bonds. The number of rotatable bonds is 7. The molecule has 1 heterocycles. The minimum absolute atomic E-state index is 0.0662. The summed E-state index contributed by atoms with van der Waals surface area (Å²) >= 11 is 0. The molecule has 0 aliphatic rings. The third kappa shape index (κ3) is 5.39. The predicted molar refractivity (Wildman–Crippen MR) is 107 cm³/mol. The number of alkyl halides is 3. The number of nitro benzene ring substituents is 1. The van der Waals surface area contributed by atoms with Crippen LogP contribution in [0, 0.1) is 10.1 Å². The second kappa shape index (κ2) is 9.04. The van der Waals surface area contributed by atoms with Gasteiger partial charge in [-0.15, -0.1) is 0 Å². The van der Waals surface area contributed by atoms with Crippen LogP contribution in [0.3, 0.4) is 0 Å². The summed E-state index contributed by atoms with van der Waals surface area (Å²) in [5.41, 5.74) is -0.377. The molecule has 0 aliphatic carbocycles. The number of esters is 1. The van der Waals surface area contributed by atoms with E-state index in [1.807, 2.05) is 0 Å². The third-order valence-corrected chi connectivity index (χ3v) is 4.52. The van der Waals surface area contributed by atoms with Gasteiger partial charge in [0.05, 0.1) is 35.2 Å². The Morgan fingerprint density at radius 2 is 1.91 bits per heavy atom. The first kappa shape index (κ1) is 22.7. The molecule has 1 N–H and O–H groups in total. The van der Waals surface area contributed by atoms with E-state index < -0.39 is 34.6 Å². The summed E-state index contributed by atoms with van der Waals surface area (Å²) in [5.74, 6) is -1.42. The molecule has 0 fully saturated rings. The first-order valence-corrected chi connectivity index (χ1v) is 9.32. The lowest BCUT2D eigenvalue weighted by Gasteiger charge is -2.14. The summed E-state index contributed by atoms with van der Waals surface area (Å²) in [6.07, 6.45) is -4.34. The molecule has 3 rings (SSSR count). The molecule has 2 aromatic carbocycles. The minimum Gasteiger partial charge on any atom is -0.452 e.